The van der Waals surface area contributed by atoms with Gasteiger partial charge in [0.2, 0.25) is 0 Å². The second-order valence-corrected chi connectivity index (χ2v) is 7.31. The predicted molar refractivity (Wildman–Crippen MR) is 105 cm³/mol. The van der Waals surface area contributed by atoms with Crippen molar-refractivity contribution < 1.29 is 18.4 Å². The Bertz CT molecular complexity index is 946. The Morgan fingerprint density at radius 1 is 1.11 bits per heavy atom. The number of rotatable bonds is 5. The first-order valence-electron chi connectivity index (χ1n) is 8.83. The SMILES string of the molecule is CC(C)(C)c1cc(NC(=O)Nc2ccc(OCc3ccccc3F)cc2)no1. The van der Waals surface area contributed by atoms with Crippen molar-refractivity contribution in [2.24, 2.45) is 0 Å². The number of benzene rings is 2. The summed E-state index contributed by atoms with van der Waals surface area (Å²) in [4.78, 5) is 12.1. The molecule has 2 aromatic carbocycles. The van der Waals surface area contributed by atoms with Gasteiger partial charge in [-0.15, -0.1) is 0 Å². The van der Waals surface area contributed by atoms with Crippen molar-refractivity contribution in [1.29, 1.82) is 0 Å². The molecular formula is C21H22FN3O3. The van der Waals surface area contributed by atoms with E-state index >= 15 is 0 Å². The van der Waals surface area contributed by atoms with Crippen molar-refractivity contribution in [2.75, 3.05) is 10.6 Å². The molecule has 0 radical (unpaired) electrons. The highest BCUT2D eigenvalue weighted by Gasteiger charge is 2.20. The van der Waals surface area contributed by atoms with Crippen molar-refractivity contribution in [2.45, 2.75) is 32.8 Å². The first-order valence-corrected chi connectivity index (χ1v) is 8.83. The molecule has 0 aliphatic rings. The molecular weight excluding hydrogens is 361 g/mol. The molecule has 0 atom stereocenters. The van der Waals surface area contributed by atoms with Crippen LogP contribution in [0.15, 0.2) is 59.1 Å². The van der Waals surface area contributed by atoms with Gasteiger partial charge in [-0.2, -0.15) is 0 Å². The fraction of sp³-hybridized carbons (Fsp3) is 0.238. The number of halogens is 1. The molecule has 0 saturated heterocycles. The van der Waals surface area contributed by atoms with Crippen LogP contribution in [0.1, 0.15) is 32.1 Å². The molecule has 0 unspecified atom stereocenters. The number of anilines is 2. The quantitative estimate of drug-likeness (QED) is 0.624. The molecule has 0 aliphatic carbocycles. The fourth-order valence-corrected chi connectivity index (χ4v) is 2.38. The van der Waals surface area contributed by atoms with E-state index in [1.165, 1.54) is 6.07 Å². The normalized spacial score (nSPS) is 11.1. The zero-order valence-corrected chi connectivity index (χ0v) is 16.0. The lowest BCUT2D eigenvalue weighted by Crippen LogP contribution is -2.19. The van der Waals surface area contributed by atoms with Crippen LogP contribution in [-0.4, -0.2) is 11.2 Å². The van der Waals surface area contributed by atoms with Gasteiger partial charge in [-0.3, -0.25) is 5.32 Å². The molecule has 0 fully saturated rings. The molecule has 0 spiro atoms. The molecule has 1 aromatic heterocycles. The average Bonchev–Trinajstić information content (AvgIpc) is 3.11. The molecule has 2 N–H and O–H groups in total. The lowest BCUT2D eigenvalue weighted by molar-refractivity contribution is 0.262. The fourth-order valence-electron chi connectivity index (χ4n) is 2.38. The summed E-state index contributed by atoms with van der Waals surface area (Å²) < 4.78 is 24.4. The number of carbonyl (C=O) groups excluding carboxylic acids is 1. The summed E-state index contributed by atoms with van der Waals surface area (Å²) in [6.45, 7) is 6.11. The highest BCUT2D eigenvalue weighted by Crippen LogP contribution is 2.24. The number of amides is 2. The van der Waals surface area contributed by atoms with Crippen LogP contribution in [0.5, 0.6) is 5.75 Å². The highest BCUT2D eigenvalue weighted by atomic mass is 19.1. The Balaban J connectivity index is 1.53. The summed E-state index contributed by atoms with van der Waals surface area (Å²) in [6, 6.07) is 14.5. The summed E-state index contributed by atoms with van der Waals surface area (Å²) in [5.41, 5.74) is 0.864. The van der Waals surface area contributed by atoms with Crippen molar-refractivity contribution >= 4 is 17.5 Å². The van der Waals surface area contributed by atoms with Crippen LogP contribution in [0, 0.1) is 5.82 Å². The number of ether oxygens (including phenoxy) is 1. The van der Waals surface area contributed by atoms with Gasteiger partial charge in [-0.05, 0) is 30.3 Å². The van der Waals surface area contributed by atoms with E-state index in [2.05, 4.69) is 15.8 Å². The molecule has 28 heavy (non-hydrogen) atoms. The van der Waals surface area contributed by atoms with Gasteiger partial charge in [-0.1, -0.05) is 44.1 Å². The van der Waals surface area contributed by atoms with E-state index in [9.17, 15) is 9.18 Å². The zero-order chi connectivity index (χ0) is 20.1. The van der Waals surface area contributed by atoms with Crippen LogP contribution in [0.3, 0.4) is 0 Å². The number of nitrogens with zero attached hydrogens (tertiary/aromatic N) is 1. The Morgan fingerprint density at radius 3 is 2.46 bits per heavy atom. The predicted octanol–water partition coefficient (Wildman–Crippen LogP) is 5.33. The van der Waals surface area contributed by atoms with E-state index in [-0.39, 0.29) is 17.8 Å². The molecule has 3 aromatic rings. The third kappa shape index (κ3) is 5.09. The second-order valence-electron chi connectivity index (χ2n) is 7.31. The van der Waals surface area contributed by atoms with Crippen molar-refractivity contribution in [3.63, 3.8) is 0 Å². The van der Waals surface area contributed by atoms with Crippen LogP contribution in [0.4, 0.5) is 20.7 Å². The summed E-state index contributed by atoms with van der Waals surface area (Å²) in [6.07, 6.45) is 0. The Kier molecular flexibility index (Phi) is 5.63. The van der Waals surface area contributed by atoms with Crippen LogP contribution in [0.25, 0.3) is 0 Å². The van der Waals surface area contributed by atoms with E-state index in [0.717, 1.165) is 0 Å². The van der Waals surface area contributed by atoms with Crippen LogP contribution >= 0.6 is 0 Å². The molecule has 2 amide bonds. The topological polar surface area (TPSA) is 76.4 Å². The molecule has 146 valence electrons. The van der Waals surface area contributed by atoms with Gasteiger partial charge in [0.25, 0.3) is 0 Å². The van der Waals surface area contributed by atoms with E-state index in [1.54, 1.807) is 48.5 Å². The molecule has 3 rings (SSSR count). The lowest BCUT2D eigenvalue weighted by atomic mass is 9.93. The summed E-state index contributed by atoms with van der Waals surface area (Å²) in [7, 11) is 0. The maximum absolute atomic E-state index is 13.6. The Hall–Kier alpha value is -3.35. The monoisotopic (exact) mass is 383 g/mol. The number of nitrogens with one attached hydrogen (secondary N) is 2. The van der Waals surface area contributed by atoms with Gasteiger partial charge in [0.15, 0.2) is 5.82 Å². The van der Waals surface area contributed by atoms with Gasteiger partial charge in [0.1, 0.15) is 23.9 Å². The smallest absolute Gasteiger partial charge is 0.324 e. The first-order chi connectivity index (χ1) is 13.3. The van der Waals surface area contributed by atoms with E-state index in [1.807, 2.05) is 20.8 Å². The zero-order valence-electron chi connectivity index (χ0n) is 16.0. The standard InChI is InChI=1S/C21H22FN3O3/c1-21(2,3)18-12-19(25-28-18)24-20(26)23-15-8-10-16(11-9-15)27-13-14-6-4-5-7-17(14)22/h4-12H,13H2,1-3H3,(H2,23,24,25,26). The Labute approximate surface area is 162 Å². The molecule has 0 aliphatic heterocycles. The first kappa shape index (κ1) is 19.4. The molecule has 7 heteroatoms. The minimum Gasteiger partial charge on any atom is -0.489 e. The number of hydrogen-bond donors (Lipinski definition) is 2. The van der Waals surface area contributed by atoms with E-state index in [0.29, 0.717) is 28.6 Å². The van der Waals surface area contributed by atoms with Gasteiger partial charge >= 0.3 is 6.03 Å². The van der Waals surface area contributed by atoms with Crippen LogP contribution < -0.4 is 15.4 Å². The third-order valence-electron chi connectivity index (χ3n) is 3.96. The number of aromatic nitrogens is 1. The minimum atomic E-state index is -0.436. The minimum absolute atomic E-state index is 0.127. The van der Waals surface area contributed by atoms with Crippen LogP contribution in [0.2, 0.25) is 0 Å². The summed E-state index contributed by atoms with van der Waals surface area (Å²) in [5.74, 6) is 1.28. The number of urea groups is 1. The number of carbonyl (C=O) groups is 1. The largest absolute Gasteiger partial charge is 0.489 e. The molecule has 0 bridgehead atoms. The average molecular weight is 383 g/mol. The third-order valence-corrected chi connectivity index (χ3v) is 3.96. The van der Waals surface area contributed by atoms with Gasteiger partial charge in [0.05, 0.1) is 0 Å². The van der Waals surface area contributed by atoms with Crippen molar-refractivity contribution in [1.82, 2.24) is 5.16 Å². The Morgan fingerprint density at radius 2 is 1.82 bits per heavy atom. The lowest BCUT2D eigenvalue weighted by Gasteiger charge is -2.12. The maximum atomic E-state index is 13.6. The van der Waals surface area contributed by atoms with Crippen molar-refractivity contribution in [3.05, 3.63) is 71.7 Å². The highest BCUT2D eigenvalue weighted by molar-refractivity contribution is 5.99. The van der Waals surface area contributed by atoms with Crippen molar-refractivity contribution in [3.8, 4) is 5.75 Å². The maximum Gasteiger partial charge on any atom is 0.324 e. The molecule has 6 nitrogen and oxygen atoms in total. The molecule has 0 saturated carbocycles. The summed E-state index contributed by atoms with van der Waals surface area (Å²) in [5, 5.41) is 9.16. The second kappa shape index (κ2) is 8.12. The summed E-state index contributed by atoms with van der Waals surface area (Å²) >= 11 is 0. The van der Waals surface area contributed by atoms with Gasteiger partial charge in [-0.25, -0.2) is 9.18 Å². The van der Waals surface area contributed by atoms with Crippen LogP contribution in [-0.2, 0) is 12.0 Å². The number of hydrogen-bond acceptors (Lipinski definition) is 4. The van der Waals surface area contributed by atoms with E-state index in [4.69, 9.17) is 9.26 Å². The van der Waals surface area contributed by atoms with E-state index < -0.39 is 6.03 Å². The van der Waals surface area contributed by atoms with Gasteiger partial charge in [0, 0.05) is 22.7 Å². The molecule has 1 heterocycles. The van der Waals surface area contributed by atoms with Gasteiger partial charge < -0.3 is 14.6 Å².